The number of nitrogens with one attached hydrogen (secondary N) is 1. The highest BCUT2D eigenvalue weighted by atomic mass is 127. The van der Waals surface area contributed by atoms with Gasteiger partial charge in [0.25, 0.3) is 0 Å². The molecule has 0 aliphatic carbocycles. The minimum Gasteiger partial charge on any atom is -0.361 e. The molecule has 0 aromatic carbocycles. The predicted molar refractivity (Wildman–Crippen MR) is 28.9 cm³/mol. The largest absolute Gasteiger partial charge is 0.361 e. The lowest BCUT2D eigenvalue weighted by Gasteiger charge is -1.88. The maximum atomic E-state index is 9.75. The Bertz CT molecular complexity index is 55.5. The fraction of sp³-hybridized carbons (Fsp3) is 0.500. The monoisotopic (exact) mass is 201 g/mol. The van der Waals surface area contributed by atoms with Gasteiger partial charge in [0.1, 0.15) is 0 Å². The van der Waals surface area contributed by atoms with Crippen molar-refractivity contribution >= 4 is 28.8 Å². The second-order valence-corrected chi connectivity index (χ2v) is 1.11. The number of hydrogen-bond donors (Lipinski definition) is 1. The van der Waals surface area contributed by atoms with Crippen LogP contribution in [0.4, 0.5) is 0 Å². The number of rotatable bonds is 1. The molecule has 6 heavy (non-hydrogen) atoms. The van der Waals surface area contributed by atoms with E-state index < -0.39 is 0 Å². The minimum absolute atomic E-state index is 0.329. The van der Waals surface area contributed by atoms with Crippen molar-refractivity contribution in [3.63, 3.8) is 0 Å². The summed E-state index contributed by atoms with van der Waals surface area (Å²) in [4.78, 5) is 13.9. The molecule has 0 radical (unpaired) electrons. The van der Waals surface area contributed by atoms with Crippen molar-refractivity contribution < 1.29 is 9.63 Å². The van der Waals surface area contributed by atoms with Gasteiger partial charge in [-0.2, -0.15) is 0 Å². The van der Waals surface area contributed by atoms with E-state index >= 15 is 0 Å². The Hall–Kier alpha value is 0.160. The van der Waals surface area contributed by atoms with Gasteiger partial charge in [0.2, 0.25) is 0 Å². The van der Waals surface area contributed by atoms with Gasteiger partial charge in [0.15, 0.2) is 0 Å². The van der Waals surface area contributed by atoms with Gasteiger partial charge < -0.3 is 4.84 Å². The molecule has 0 aromatic rings. The SMILES string of the molecule is CC(=O)ONI. The molecular weight excluding hydrogens is 197 g/mol. The Morgan fingerprint density at radius 3 is 2.50 bits per heavy atom. The standard InChI is InChI=1S/C2H4INO2/c1-2(5)6-4-3/h4H,1H3. The number of carbonyl (C=O) groups excluding carboxylic acids is 1. The zero-order valence-electron chi connectivity index (χ0n) is 3.19. The molecule has 0 aromatic heterocycles. The molecule has 0 aliphatic rings. The molecular formula is C2H4INO2. The quantitative estimate of drug-likeness (QED) is 0.379. The molecule has 0 fully saturated rings. The topological polar surface area (TPSA) is 38.3 Å². The van der Waals surface area contributed by atoms with Crippen LogP contribution in [0.1, 0.15) is 6.92 Å². The van der Waals surface area contributed by atoms with Crippen molar-refractivity contribution in [2.24, 2.45) is 0 Å². The predicted octanol–water partition coefficient (Wildman–Crippen LogP) is 0.404. The third kappa shape index (κ3) is 4.16. The van der Waals surface area contributed by atoms with E-state index in [1.54, 1.807) is 22.9 Å². The molecule has 0 atom stereocenters. The Morgan fingerprint density at radius 1 is 2.00 bits per heavy atom. The Morgan fingerprint density at radius 2 is 2.50 bits per heavy atom. The van der Waals surface area contributed by atoms with E-state index in [1.807, 2.05) is 0 Å². The lowest BCUT2D eigenvalue weighted by Crippen LogP contribution is -2.04. The van der Waals surface area contributed by atoms with Gasteiger partial charge in [0.05, 0.1) is 22.9 Å². The highest BCUT2D eigenvalue weighted by molar-refractivity contribution is 14.1. The van der Waals surface area contributed by atoms with Crippen molar-refractivity contribution in [3.8, 4) is 0 Å². The van der Waals surface area contributed by atoms with E-state index in [1.165, 1.54) is 6.92 Å². The van der Waals surface area contributed by atoms with Gasteiger partial charge in [-0.1, -0.05) is 3.69 Å². The summed E-state index contributed by atoms with van der Waals surface area (Å²) in [6, 6.07) is 0. The molecule has 0 amide bonds. The Kier molecular flexibility index (Phi) is 3.44. The first kappa shape index (κ1) is 6.16. The maximum Gasteiger partial charge on any atom is 0.322 e. The van der Waals surface area contributed by atoms with Crippen LogP contribution in [0.3, 0.4) is 0 Å². The van der Waals surface area contributed by atoms with Crippen LogP contribution in [0.2, 0.25) is 0 Å². The molecule has 0 saturated carbocycles. The van der Waals surface area contributed by atoms with E-state index in [0.29, 0.717) is 0 Å². The number of hydrogen-bond acceptors (Lipinski definition) is 3. The fourth-order valence-electron chi connectivity index (χ4n) is 0.0543. The van der Waals surface area contributed by atoms with Crippen LogP contribution in [0.15, 0.2) is 0 Å². The smallest absolute Gasteiger partial charge is 0.322 e. The summed E-state index contributed by atoms with van der Waals surface area (Å²) in [5, 5.41) is 0. The molecule has 0 rings (SSSR count). The van der Waals surface area contributed by atoms with Crippen molar-refractivity contribution in [2.45, 2.75) is 6.92 Å². The highest BCUT2D eigenvalue weighted by Crippen LogP contribution is 1.71. The first-order valence-corrected chi connectivity index (χ1v) is 2.38. The number of carbonyl (C=O) groups is 1. The second kappa shape index (κ2) is 3.35. The number of halogens is 1. The van der Waals surface area contributed by atoms with Gasteiger partial charge in [-0.25, -0.2) is 0 Å². The molecule has 3 nitrogen and oxygen atoms in total. The molecule has 0 heterocycles. The summed E-state index contributed by atoms with van der Waals surface area (Å²) < 4.78 is 2.19. The van der Waals surface area contributed by atoms with Gasteiger partial charge in [-0.15, -0.1) is 0 Å². The molecule has 0 saturated heterocycles. The highest BCUT2D eigenvalue weighted by Gasteiger charge is 1.82. The Balaban J connectivity index is 2.83. The maximum absolute atomic E-state index is 9.75. The van der Waals surface area contributed by atoms with Crippen molar-refractivity contribution in [3.05, 3.63) is 0 Å². The molecule has 4 heteroatoms. The van der Waals surface area contributed by atoms with E-state index in [0.717, 1.165) is 0 Å². The molecule has 0 spiro atoms. The van der Waals surface area contributed by atoms with Gasteiger partial charge in [-0.05, 0) is 0 Å². The molecule has 1 N–H and O–H groups in total. The molecule has 0 unspecified atom stereocenters. The van der Waals surface area contributed by atoms with Crippen molar-refractivity contribution in [1.82, 2.24) is 3.69 Å². The molecule has 0 bridgehead atoms. The zero-order valence-corrected chi connectivity index (χ0v) is 5.35. The second-order valence-electron chi connectivity index (χ2n) is 0.671. The Labute approximate surface area is 49.5 Å². The summed E-state index contributed by atoms with van der Waals surface area (Å²) in [7, 11) is 0. The van der Waals surface area contributed by atoms with Gasteiger partial charge in [0, 0.05) is 6.92 Å². The first-order chi connectivity index (χ1) is 2.77. The summed E-state index contributed by atoms with van der Waals surface area (Å²) in [6.45, 7) is 1.33. The first-order valence-electron chi connectivity index (χ1n) is 1.30. The van der Waals surface area contributed by atoms with Crippen molar-refractivity contribution in [1.29, 1.82) is 0 Å². The summed E-state index contributed by atoms with van der Waals surface area (Å²) in [6.07, 6.45) is 0. The van der Waals surface area contributed by atoms with E-state index in [9.17, 15) is 4.79 Å². The van der Waals surface area contributed by atoms with Crippen LogP contribution in [0.5, 0.6) is 0 Å². The summed E-state index contributed by atoms with van der Waals surface area (Å²) in [5.41, 5.74) is 0. The third-order valence-corrected chi connectivity index (χ3v) is 0.403. The van der Waals surface area contributed by atoms with Crippen LogP contribution >= 0.6 is 22.9 Å². The molecule has 36 valence electrons. The fourth-order valence-corrected chi connectivity index (χ4v) is 0.364. The molecule has 0 aliphatic heterocycles. The van der Waals surface area contributed by atoms with E-state index in [2.05, 4.69) is 8.53 Å². The average molecular weight is 201 g/mol. The van der Waals surface area contributed by atoms with Crippen molar-refractivity contribution in [2.75, 3.05) is 0 Å². The van der Waals surface area contributed by atoms with Gasteiger partial charge in [-0.3, -0.25) is 4.79 Å². The third-order valence-electron chi connectivity index (χ3n) is 0.182. The van der Waals surface area contributed by atoms with E-state index in [4.69, 9.17) is 0 Å². The zero-order chi connectivity index (χ0) is 4.99. The van der Waals surface area contributed by atoms with Crippen LogP contribution in [-0.2, 0) is 9.63 Å². The van der Waals surface area contributed by atoms with Crippen LogP contribution in [0.25, 0.3) is 0 Å². The average Bonchev–Trinajstić information content (AvgIpc) is 1.35. The van der Waals surface area contributed by atoms with Crippen LogP contribution in [0, 0.1) is 0 Å². The normalized spacial score (nSPS) is 7.67. The summed E-state index contributed by atoms with van der Waals surface area (Å²) in [5.74, 6) is -0.329. The lowest BCUT2D eigenvalue weighted by atomic mass is 10.8. The van der Waals surface area contributed by atoms with Gasteiger partial charge >= 0.3 is 5.97 Å². The van der Waals surface area contributed by atoms with Crippen LogP contribution < -0.4 is 3.69 Å². The lowest BCUT2D eigenvalue weighted by molar-refractivity contribution is -0.143. The van der Waals surface area contributed by atoms with E-state index in [-0.39, 0.29) is 5.97 Å². The minimum atomic E-state index is -0.329. The summed E-state index contributed by atoms with van der Waals surface area (Å²) >= 11 is 1.71. The van der Waals surface area contributed by atoms with Crippen LogP contribution in [-0.4, -0.2) is 5.97 Å².